The van der Waals surface area contributed by atoms with Crippen molar-refractivity contribution in [2.75, 3.05) is 0 Å². The molecule has 0 radical (unpaired) electrons. The smallest absolute Gasteiger partial charge is 0.512 e. The molecule has 0 amide bonds. The van der Waals surface area contributed by atoms with Gasteiger partial charge in [-0.15, -0.1) is 0 Å². The van der Waals surface area contributed by atoms with Crippen molar-refractivity contribution in [3.05, 3.63) is 29.8 Å². The van der Waals surface area contributed by atoms with Gasteiger partial charge < -0.3 is 14.7 Å². The fourth-order valence-corrected chi connectivity index (χ4v) is 1.43. The Morgan fingerprint density at radius 1 is 1.23 bits per heavy atom. The third-order valence-corrected chi connectivity index (χ3v) is 2.17. The highest BCUT2D eigenvalue weighted by molar-refractivity contribution is 6.33. The molecule has 0 saturated heterocycles. The van der Waals surface area contributed by atoms with Crippen LogP contribution in [-0.4, -0.2) is 17.4 Å². The normalized spacial score (nSPS) is 15.5. The van der Waals surface area contributed by atoms with Gasteiger partial charge in [-0.25, -0.2) is 0 Å². The number of rotatable bonds is 3. The second-order valence-electron chi connectivity index (χ2n) is 3.26. The van der Waals surface area contributed by atoms with E-state index in [1.54, 1.807) is 6.07 Å². The summed E-state index contributed by atoms with van der Waals surface area (Å²) in [6.07, 6.45) is 2.34. The summed E-state index contributed by atoms with van der Waals surface area (Å²) in [4.78, 5) is 0. The zero-order chi connectivity index (χ0) is 9.26. The van der Waals surface area contributed by atoms with E-state index in [4.69, 9.17) is 14.7 Å². The van der Waals surface area contributed by atoms with E-state index in [0.29, 0.717) is 11.7 Å². The Hall–Kier alpha value is -0.995. The largest absolute Gasteiger partial charge is 0.707 e. The van der Waals surface area contributed by atoms with Crippen molar-refractivity contribution < 1.29 is 14.7 Å². The molecule has 1 saturated carbocycles. The molecule has 0 bridgehead atoms. The zero-order valence-corrected chi connectivity index (χ0v) is 7.18. The van der Waals surface area contributed by atoms with Crippen molar-refractivity contribution in [2.24, 2.45) is 0 Å². The van der Waals surface area contributed by atoms with E-state index in [0.717, 1.165) is 5.56 Å². The van der Waals surface area contributed by atoms with Crippen LogP contribution in [0.25, 0.3) is 0 Å². The predicted octanol–water partition coefficient (Wildman–Crippen LogP) is 0.912. The second-order valence-corrected chi connectivity index (χ2v) is 3.26. The van der Waals surface area contributed by atoms with Gasteiger partial charge in [-0.1, -0.05) is 18.2 Å². The maximum absolute atomic E-state index is 8.67. The Balaban J connectivity index is 2.21. The Bertz CT molecular complexity index is 297. The minimum atomic E-state index is -1.72. The monoisotopic (exact) mass is 178 g/mol. The van der Waals surface area contributed by atoms with Crippen molar-refractivity contribution in [2.45, 2.75) is 18.8 Å². The molecule has 3 nitrogen and oxygen atoms in total. The molecule has 1 aliphatic rings. The highest BCUT2D eigenvalue weighted by Crippen LogP contribution is 2.44. The lowest BCUT2D eigenvalue weighted by atomic mass is 10.1. The van der Waals surface area contributed by atoms with Crippen LogP contribution in [0.15, 0.2) is 24.3 Å². The third kappa shape index (κ3) is 2.02. The van der Waals surface area contributed by atoms with E-state index in [9.17, 15) is 0 Å². The van der Waals surface area contributed by atoms with Gasteiger partial charge in [0.2, 0.25) is 0 Å². The van der Waals surface area contributed by atoms with E-state index in [-0.39, 0.29) is 0 Å². The van der Waals surface area contributed by atoms with E-state index in [2.05, 4.69) is 0 Å². The molecule has 0 spiro atoms. The minimum Gasteiger partial charge on any atom is -0.512 e. The predicted molar refractivity (Wildman–Crippen MR) is 49.2 cm³/mol. The number of hydrogen-bond donors (Lipinski definition) is 2. The molecular weight excluding hydrogens is 167 g/mol. The first-order valence-corrected chi connectivity index (χ1v) is 4.39. The number of para-hydroxylation sites is 1. The van der Waals surface area contributed by atoms with Gasteiger partial charge in [0.15, 0.2) is 0 Å². The summed E-state index contributed by atoms with van der Waals surface area (Å²) in [5.74, 6) is 1.13. The molecule has 1 aromatic carbocycles. The molecule has 2 rings (SSSR count). The molecule has 1 aliphatic carbocycles. The summed E-state index contributed by atoms with van der Waals surface area (Å²) in [5.41, 5.74) is 1.08. The van der Waals surface area contributed by atoms with Crippen LogP contribution < -0.4 is 4.65 Å². The van der Waals surface area contributed by atoms with Gasteiger partial charge in [-0.2, -0.15) is 0 Å². The fraction of sp³-hybridized carbons (Fsp3) is 0.333. The molecule has 1 fully saturated rings. The first-order valence-electron chi connectivity index (χ1n) is 4.39. The van der Waals surface area contributed by atoms with Crippen molar-refractivity contribution in [3.8, 4) is 5.75 Å². The average molecular weight is 178 g/mol. The molecule has 0 heterocycles. The zero-order valence-electron chi connectivity index (χ0n) is 7.18. The summed E-state index contributed by atoms with van der Waals surface area (Å²) in [5, 5.41) is 17.3. The van der Waals surface area contributed by atoms with Crippen LogP contribution in [0.4, 0.5) is 0 Å². The molecule has 1 aromatic rings. The molecule has 13 heavy (non-hydrogen) atoms. The quantitative estimate of drug-likeness (QED) is 0.676. The van der Waals surface area contributed by atoms with Crippen LogP contribution in [0.5, 0.6) is 5.75 Å². The second kappa shape index (κ2) is 3.40. The summed E-state index contributed by atoms with van der Waals surface area (Å²) in [6, 6.07) is 7.48. The Morgan fingerprint density at radius 3 is 2.54 bits per heavy atom. The van der Waals surface area contributed by atoms with Gasteiger partial charge in [-0.3, -0.25) is 0 Å². The minimum absolute atomic E-state index is 0.551. The Morgan fingerprint density at radius 2 is 1.92 bits per heavy atom. The van der Waals surface area contributed by atoms with Gasteiger partial charge >= 0.3 is 7.32 Å². The maximum Gasteiger partial charge on any atom is 0.707 e. The lowest BCUT2D eigenvalue weighted by Gasteiger charge is -2.09. The van der Waals surface area contributed by atoms with Crippen LogP contribution in [0.1, 0.15) is 24.3 Å². The van der Waals surface area contributed by atoms with Gasteiger partial charge in [-0.05, 0) is 30.4 Å². The van der Waals surface area contributed by atoms with Crippen LogP contribution >= 0.6 is 0 Å². The van der Waals surface area contributed by atoms with E-state index in [1.807, 2.05) is 18.2 Å². The standard InChI is InChI=1S/C9H11BO3/c11-10(12)13-9-4-2-1-3-8(9)7-5-6-7/h1-4,7,11-12H,5-6H2. The van der Waals surface area contributed by atoms with Crippen LogP contribution in [0.2, 0.25) is 0 Å². The molecule has 0 aromatic heterocycles. The molecular formula is C9H11BO3. The molecule has 68 valence electrons. The summed E-state index contributed by atoms with van der Waals surface area (Å²) in [6.45, 7) is 0. The summed E-state index contributed by atoms with van der Waals surface area (Å²) < 4.78 is 4.86. The van der Waals surface area contributed by atoms with Gasteiger partial charge in [0.1, 0.15) is 5.75 Å². The lowest BCUT2D eigenvalue weighted by Crippen LogP contribution is -2.21. The molecule has 0 unspecified atom stereocenters. The maximum atomic E-state index is 8.67. The topological polar surface area (TPSA) is 49.7 Å². The molecule has 4 heteroatoms. The van der Waals surface area contributed by atoms with E-state index >= 15 is 0 Å². The van der Waals surface area contributed by atoms with Crippen molar-refractivity contribution >= 4 is 7.32 Å². The lowest BCUT2D eigenvalue weighted by molar-refractivity contribution is 0.287. The Labute approximate surface area is 77.1 Å². The van der Waals surface area contributed by atoms with Crippen molar-refractivity contribution in [3.63, 3.8) is 0 Å². The number of benzene rings is 1. The van der Waals surface area contributed by atoms with Crippen molar-refractivity contribution in [1.82, 2.24) is 0 Å². The highest BCUT2D eigenvalue weighted by atomic mass is 16.6. The molecule has 0 atom stereocenters. The summed E-state index contributed by atoms with van der Waals surface area (Å²) >= 11 is 0. The Kier molecular flexibility index (Phi) is 2.25. The van der Waals surface area contributed by atoms with Gasteiger partial charge in [0.05, 0.1) is 0 Å². The highest BCUT2D eigenvalue weighted by Gasteiger charge is 2.27. The van der Waals surface area contributed by atoms with E-state index < -0.39 is 7.32 Å². The first kappa shape index (κ1) is 8.60. The first-order chi connectivity index (χ1) is 6.27. The molecule has 2 N–H and O–H groups in total. The van der Waals surface area contributed by atoms with Crippen molar-refractivity contribution in [1.29, 1.82) is 0 Å². The van der Waals surface area contributed by atoms with Gasteiger partial charge in [0.25, 0.3) is 0 Å². The van der Waals surface area contributed by atoms with Crippen LogP contribution in [0, 0.1) is 0 Å². The fourth-order valence-electron chi connectivity index (χ4n) is 1.43. The van der Waals surface area contributed by atoms with Crippen LogP contribution in [-0.2, 0) is 0 Å². The summed E-state index contributed by atoms with van der Waals surface area (Å²) in [7, 11) is -1.72. The van der Waals surface area contributed by atoms with Gasteiger partial charge in [0, 0.05) is 0 Å². The number of hydrogen-bond acceptors (Lipinski definition) is 3. The molecule has 0 aliphatic heterocycles. The SMILES string of the molecule is OB(O)Oc1ccccc1C1CC1. The third-order valence-electron chi connectivity index (χ3n) is 2.17. The average Bonchev–Trinajstić information content (AvgIpc) is 2.87. The van der Waals surface area contributed by atoms with E-state index in [1.165, 1.54) is 12.8 Å². The van der Waals surface area contributed by atoms with Crippen LogP contribution in [0.3, 0.4) is 0 Å².